The van der Waals surface area contributed by atoms with Crippen LogP contribution >= 0.6 is 0 Å². The zero-order valence-electron chi connectivity index (χ0n) is 7.72. The van der Waals surface area contributed by atoms with Crippen molar-refractivity contribution in [3.8, 4) is 0 Å². The second-order valence-electron chi connectivity index (χ2n) is 4.01. The van der Waals surface area contributed by atoms with Gasteiger partial charge in [-0.05, 0) is 12.8 Å². The molecular formula is C9H13NO4. The Kier molecular flexibility index (Phi) is 2.19. The summed E-state index contributed by atoms with van der Waals surface area (Å²) in [6, 6.07) is 0. The third-order valence-corrected chi connectivity index (χ3v) is 2.90. The topological polar surface area (TPSA) is 77.8 Å². The number of carbonyl (C=O) groups is 2. The van der Waals surface area contributed by atoms with Crippen LogP contribution in [0.4, 0.5) is 0 Å². The second kappa shape index (κ2) is 3.24. The van der Waals surface area contributed by atoms with Crippen molar-refractivity contribution in [2.24, 2.45) is 11.8 Å². The molecule has 78 valence electrons. The molecule has 2 fully saturated rings. The molecule has 1 heterocycles. The number of aliphatic carboxylic acids is 1. The summed E-state index contributed by atoms with van der Waals surface area (Å²) in [7, 11) is 0. The number of carboxylic acids is 1. The molecule has 2 aliphatic rings. The number of hydrogen-bond acceptors (Lipinski definition) is 3. The molecular weight excluding hydrogens is 186 g/mol. The molecule has 2 N–H and O–H groups in total. The van der Waals surface area contributed by atoms with E-state index in [9.17, 15) is 14.7 Å². The maximum absolute atomic E-state index is 11.6. The number of carboxylic acid groups (broad SMARTS) is 1. The van der Waals surface area contributed by atoms with Crippen molar-refractivity contribution in [2.75, 3.05) is 13.1 Å². The Bertz CT molecular complexity index is 278. The SMILES string of the molecule is O=C(O)C1CC1C(=O)N1CC[C@H](O)C1. The van der Waals surface area contributed by atoms with Crippen molar-refractivity contribution in [3.63, 3.8) is 0 Å². The highest BCUT2D eigenvalue weighted by Gasteiger charge is 2.50. The number of β-amino-alcohol motifs (C(OH)–C–C–N with tert-alkyl or cyclic N) is 1. The molecule has 5 nitrogen and oxygen atoms in total. The minimum Gasteiger partial charge on any atom is -0.481 e. The van der Waals surface area contributed by atoms with Crippen LogP contribution < -0.4 is 0 Å². The highest BCUT2D eigenvalue weighted by Crippen LogP contribution is 2.40. The number of hydrogen-bond donors (Lipinski definition) is 2. The zero-order chi connectivity index (χ0) is 10.3. The summed E-state index contributed by atoms with van der Waals surface area (Å²) < 4.78 is 0. The minimum absolute atomic E-state index is 0.103. The number of aliphatic hydroxyl groups is 1. The second-order valence-corrected chi connectivity index (χ2v) is 4.01. The predicted molar refractivity (Wildman–Crippen MR) is 46.4 cm³/mol. The lowest BCUT2D eigenvalue weighted by Crippen LogP contribution is -2.31. The molecule has 0 aromatic rings. The Morgan fingerprint density at radius 3 is 2.43 bits per heavy atom. The summed E-state index contributed by atoms with van der Waals surface area (Å²) in [6.45, 7) is 0.921. The third kappa shape index (κ3) is 1.59. The van der Waals surface area contributed by atoms with Gasteiger partial charge in [-0.1, -0.05) is 0 Å². The highest BCUT2D eigenvalue weighted by molar-refractivity contribution is 5.89. The standard InChI is InChI=1S/C9H13NO4/c11-5-1-2-10(4-5)8(12)6-3-7(6)9(13)14/h5-7,11H,1-4H2,(H,13,14)/t5-,6?,7?/m0/s1. The number of carbonyl (C=O) groups excluding carboxylic acids is 1. The van der Waals surface area contributed by atoms with E-state index in [0.717, 1.165) is 0 Å². The van der Waals surface area contributed by atoms with E-state index >= 15 is 0 Å². The van der Waals surface area contributed by atoms with Gasteiger partial charge in [0.1, 0.15) is 0 Å². The van der Waals surface area contributed by atoms with Gasteiger partial charge in [0, 0.05) is 13.1 Å². The fourth-order valence-electron chi connectivity index (χ4n) is 1.92. The van der Waals surface area contributed by atoms with Crippen LogP contribution in [0.3, 0.4) is 0 Å². The Morgan fingerprint density at radius 2 is 2.00 bits per heavy atom. The molecule has 0 radical (unpaired) electrons. The molecule has 0 spiro atoms. The molecule has 1 saturated heterocycles. The summed E-state index contributed by atoms with van der Waals surface area (Å²) in [6.07, 6.45) is 0.637. The Labute approximate surface area is 81.3 Å². The van der Waals surface area contributed by atoms with E-state index < -0.39 is 18.0 Å². The Morgan fingerprint density at radius 1 is 1.29 bits per heavy atom. The van der Waals surface area contributed by atoms with Crippen molar-refractivity contribution in [1.82, 2.24) is 4.90 Å². The van der Waals surface area contributed by atoms with E-state index in [0.29, 0.717) is 25.9 Å². The van der Waals surface area contributed by atoms with E-state index in [1.54, 1.807) is 4.90 Å². The van der Waals surface area contributed by atoms with Gasteiger partial charge in [0.25, 0.3) is 0 Å². The van der Waals surface area contributed by atoms with Gasteiger partial charge >= 0.3 is 5.97 Å². The van der Waals surface area contributed by atoms with Crippen molar-refractivity contribution in [2.45, 2.75) is 18.9 Å². The van der Waals surface area contributed by atoms with E-state index in [-0.39, 0.29) is 11.8 Å². The molecule has 0 aromatic heterocycles. The van der Waals surface area contributed by atoms with Crippen LogP contribution in [0, 0.1) is 11.8 Å². The van der Waals surface area contributed by atoms with Gasteiger partial charge in [-0.25, -0.2) is 0 Å². The Balaban J connectivity index is 1.88. The first-order valence-electron chi connectivity index (χ1n) is 4.79. The summed E-state index contributed by atoms with van der Waals surface area (Å²) in [5.74, 6) is -1.81. The van der Waals surface area contributed by atoms with Gasteiger partial charge < -0.3 is 15.1 Å². The molecule has 2 rings (SSSR count). The molecule has 2 unspecified atom stereocenters. The lowest BCUT2D eigenvalue weighted by Gasteiger charge is -2.14. The van der Waals surface area contributed by atoms with Crippen LogP contribution in [0.15, 0.2) is 0 Å². The van der Waals surface area contributed by atoms with Gasteiger partial charge in [-0.3, -0.25) is 9.59 Å². The zero-order valence-corrected chi connectivity index (χ0v) is 7.72. The van der Waals surface area contributed by atoms with Gasteiger partial charge in [-0.15, -0.1) is 0 Å². The molecule has 3 atom stereocenters. The van der Waals surface area contributed by atoms with E-state index in [1.807, 2.05) is 0 Å². The number of aliphatic hydroxyl groups excluding tert-OH is 1. The molecule has 1 amide bonds. The van der Waals surface area contributed by atoms with Crippen LogP contribution in [0.2, 0.25) is 0 Å². The van der Waals surface area contributed by atoms with Crippen LogP contribution in [-0.2, 0) is 9.59 Å². The lowest BCUT2D eigenvalue weighted by atomic mass is 10.3. The van der Waals surface area contributed by atoms with Gasteiger partial charge in [0.05, 0.1) is 17.9 Å². The quantitative estimate of drug-likeness (QED) is 0.616. The fraction of sp³-hybridized carbons (Fsp3) is 0.778. The molecule has 1 aliphatic heterocycles. The third-order valence-electron chi connectivity index (χ3n) is 2.90. The van der Waals surface area contributed by atoms with Crippen LogP contribution in [0.1, 0.15) is 12.8 Å². The summed E-state index contributed by atoms with van der Waals surface area (Å²) >= 11 is 0. The average molecular weight is 199 g/mol. The van der Waals surface area contributed by atoms with Gasteiger partial charge in [-0.2, -0.15) is 0 Å². The molecule has 0 aromatic carbocycles. The predicted octanol–water partition coefficient (Wildman–Crippen LogP) is -0.700. The largest absolute Gasteiger partial charge is 0.481 e. The van der Waals surface area contributed by atoms with Crippen molar-refractivity contribution >= 4 is 11.9 Å². The van der Waals surface area contributed by atoms with Crippen LogP contribution in [0.5, 0.6) is 0 Å². The first kappa shape index (κ1) is 9.45. The smallest absolute Gasteiger partial charge is 0.307 e. The maximum atomic E-state index is 11.6. The van der Waals surface area contributed by atoms with E-state index in [2.05, 4.69) is 0 Å². The number of rotatable bonds is 2. The molecule has 14 heavy (non-hydrogen) atoms. The van der Waals surface area contributed by atoms with Crippen LogP contribution in [-0.4, -0.2) is 46.2 Å². The molecule has 0 bridgehead atoms. The van der Waals surface area contributed by atoms with Crippen molar-refractivity contribution in [1.29, 1.82) is 0 Å². The monoisotopic (exact) mass is 199 g/mol. The van der Waals surface area contributed by atoms with E-state index in [4.69, 9.17) is 5.11 Å². The lowest BCUT2D eigenvalue weighted by molar-refractivity contribution is -0.141. The maximum Gasteiger partial charge on any atom is 0.307 e. The van der Waals surface area contributed by atoms with E-state index in [1.165, 1.54) is 0 Å². The summed E-state index contributed by atoms with van der Waals surface area (Å²) in [5, 5.41) is 17.9. The fourth-order valence-corrected chi connectivity index (χ4v) is 1.92. The number of likely N-dealkylation sites (tertiary alicyclic amines) is 1. The highest BCUT2D eigenvalue weighted by atomic mass is 16.4. The molecule has 1 aliphatic carbocycles. The average Bonchev–Trinajstić information content (AvgIpc) is 2.82. The summed E-state index contributed by atoms with van der Waals surface area (Å²) in [4.78, 5) is 23.7. The van der Waals surface area contributed by atoms with Crippen molar-refractivity contribution < 1.29 is 19.8 Å². The minimum atomic E-state index is -0.886. The molecule has 5 heteroatoms. The Hall–Kier alpha value is -1.10. The normalized spacial score (nSPS) is 35.8. The number of amides is 1. The van der Waals surface area contributed by atoms with Crippen molar-refractivity contribution in [3.05, 3.63) is 0 Å². The number of nitrogens with zero attached hydrogens (tertiary/aromatic N) is 1. The van der Waals surface area contributed by atoms with Gasteiger partial charge in [0.2, 0.25) is 5.91 Å². The van der Waals surface area contributed by atoms with Crippen LogP contribution in [0.25, 0.3) is 0 Å². The first-order chi connectivity index (χ1) is 6.59. The summed E-state index contributed by atoms with van der Waals surface area (Å²) in [5.41, 5.74) is 0. The van der Waals surface area contributed by atoms with Gasteiger partial charge in [0.15, 0.2) is 0 Å². The first-order valence-corrected chi connectivity index (χ1v) is 4.79. The molecule has 1 saturated carbocycles.